The van der Waals surface area contributed by atoms with Crippen LogP contribution in [0.15, 0.2) is 24.3 Å². The second-order valence-corrected chi connectivity index (χ2v) is 6.60. The molecule has 1 aliphatic heterocycles. The molecule has 4 nitrogen and oxygen atoms in total. The van der Waals surface area contributed by atoms with Crippen molar-refractivity contribution in [1.82, 2.24) is 5.32 Å². The molecule has 108 valence electrons. The quantitative estimate of drug-likeness (QED) is 0.871. The van der Waals surface area contributed by atoms with Gasteiger partial charge in [0.05, 0.1) is 12.2 Å². The van der Waals surface area contributed by atoms with Gasteiger partial charge in [0.1, 0.15) is 5.75 Å². The fraction of sp³-hybridized carbons (Fsp3) is 0.562. The van der Waals surface area contributed by atoms with Crippen molar-refractivity contribution >= 4 is 11.6 Å². The molecule has 0 bridgehead atoms. The van der Waals surface area contributed by atoms with Gasteiger partial charge in [-0.15, -0.1) is 0 Å². The highest BCUT2D eigenvalue weighted by Crippen LogP contribution is 2.37. The lowest BCUT2D eigenvalue weighted by atomic mass is 9.92. The summed E-state index contributed by atoms with van der Waals surface area (Å²) in [5.41, 5.74) is 1.30. The molecule has 1 aromatic carbocycles. The number of carbonyl (C=O) groups excluding carboxylic acids is 1. The summed E-state index contributed by atoms with van der Waals surface area (Å²) < 4.78 is 5.78. The zero-order valence-corrected chi connectivity index (χ0v) is 12.1. The molecule has 0 radical (unpaired) electrons. The average Bonchev–Trinajstić information content (AvgIpc) is 2.77. The Bertz CT molecular complexity index is 513. The van der Waals surface area contributed by atoms with Crippen LogP contribution in [0, 0.1) is 5.41 Å². The van der Waals surface area contributed by atoms with E-state index in [1.165, 1.54) is 6.42 Å². The van der Waals surface area contributed by atoms with Crippen molar-refractivity contribution in [3.63, 3.8) is 0 Å². The van der Waals surface area contributed by atoms with Crippen LogP contribution in [0.4, 0.5) is 5.69 Å². The van der Waals surface area contributed by atoms with Crippen molar-refractivity contribution in [3.8, 4) is 5.75 Å². The molecule has 0 aromatic heterocycles. The molecule has 1 heterocycles. The molecule has 2 unspecified atom stereocenters. The molecule has 1 aliphatic carbocycles. The lowest BCUT2D eigenvalue weighted by Crippen LogP contribution is -2.47. The Morgan fingerprint density at radius 3 is 2.95 bits per heavy atom. The van der Waals surface area contributed by atoms with E-state index in [2.05, 4.69) is 24.5 Å². The van der Waals surface area contributed by atoms with Crippen molar-refractivity contribution in [1.29, 1.82) is 0 Å². The normalized spacial score (nSPS) is 27.1. The van der Waals surface area contributed by atoms with Gasteiger partial charge in [-0.1, -0.05) is 26.0 Å². The molecule has 1 amide bonds. The number of benzene rings is 1. The summed E-state index contributed by atoms with van der Waals surface area (Å²) in [5, 5.41) is 6.38. The molecule has 2 N–H and O–H groups in total. The SMILES string of the molecule is CC1(C)CCC(NC(=O)C2CNc3ccccc3O2)C1. The van der Waals surface area contributed by atoms with Crippen molar-refractivity contribution in [2.75, 3.05) is 11.9 Å². The van der Waals surface area contributed by atoms with Crippen molar-refractivity contribution in [3.05, 3.63) is 24.3 Å². The van der Waals surface area contributed by atoms with E-state index in [1.54, 1.807) is 0 Å². The minimum absolute atomic E-state index is 0.00490. The molecular formula is C16H22N2O2. The summed E-state index contributed by atoms with van der Waals surface area (Å²) in [7, 11) is 0. The van der Waals surface area contributed by atoms with Gasteiger partial charge in [0.15, 0.2) is 6.10 Å². The standard InChI is InChI=1S/C16H22N2O2/c1-16(2)8-7-11(9-16)18-15(19)14-10-17-12-5-3-4-6-13(12)20-14/h3-6,11,14,17H,7-10H2,1-2H3,(H,18,19). The molecule has 3 rings (SSSR count). The number of amides is 1. The van der Waals surface area contributed by atoms with Gasteiger partial charge >= 0.3 is 0 Å². The van der Waals surface area contributed by atoms with Crippen molar-refractivity contribution in [2.24, 2.45) is 5.41 Å². The first-order chi connectivity index (χ1) is 9.53. The van der Waals surface area contributed by atoms with E-state index in [1.807, 2.05) is 24.3 Å². The molecule has 2 atom stereocenters. The van der Waals surface area contributed by atoms with Gasteiger partial charge in [0.25, 0.3) is 5.91 Å². The van der Waals surface area contributed by atoms with Gasteiger partial charge in [-0.25, -0.2) is 0 Å². The average molecular weight is 274 g/mol. The highest BCUT2D eigenvalue weighted by atomic mass is 16.5. The fourth-order valence-corrected chi connectivity index (χ4v) is 3.11. The Morgan fingerprint density at radius 1 is 1.40 bits per heavy atom. The second kappa shape index (κ2) is 5.00. The molecule has 1 aromatic rings. The maximum atomic E-state index is 12.3. The predicted octanol–water partition coefficient (Wildman–Crippen LogP) is 2.55. The third kappa shape index (κ3) is 2.74. The van der Waals surface area contributed by atoms with Crippen LogP contribution in [0.2, 0.25) is 0 Å². The third-order valence-corrected chi connectivity index (χ3v) is 4.24. The highest BCUT2D eigenvalue weighted by Gasteiger charge is 2.34. The van der Waals surface area contributed by atoms with Crippen LogP contribution in [-0.4, -0.2) is 24.6 Å². The summed E-state index contributed by atoms with van der Waals surface area (Å²) in [6.07, 6.45) is 2.85. The Kier molecular flexibility index (Phi) is 3.32. The largest absolute Gasteiger partial charge is 0.477 e. The van der Waals surface area contributed by atoms with E-state index < -0.39 is 6.10 Å². The maximum Gasteiger partial charge on any atom is 0.263 e. The van der Waals surface area contributed by atoms with Gasteiger partial charge in [-0.3, -0.25) is 4.79 Å². The van der Waals surface area contributed by atoms with Crippen LogP contribution in [0.3, 0.4) is 0 Å². The number of para-hydroxylation sites is 2. The van der Waals surface area contributed by atoms with E-state index in [4.69, 9.17) is 4.74 Å². The first-order valence-electron chi connectivity index (χ1n) is 7.33. The minimum atomic E-state index is -0.436. The predicted molar refractivity (Wildman–Crippen MR) is 78.9 cm³/mol. The monoisotopic (exact) mass is 274 g/mol. The number of hydrogen-bond donors (Lipinski definition) is 2. The van der Waals surface area contributed by atoms with Crippen LogP contribution in [0.1, 0.15) is 33.1 Å². The molecule has 0 spiro atoms. The second-order valence-electron chi connectivity index (χ2n) is 6.60. The van der Waals surface area contributed by atoms with E-state index in [0.717, 1.165) is 24.3 Å². The lowest BCUT2D eigenvalue weighted by molar-refractivity contribution is -0.128. The van der Waals surface area contributed by atoms with Gasteiger partial charge < -0.3 is 15.4 Å². The Labute approximate surface area is 119 Å². The number of fused-ring (bicyclic) bond motifs is 1. The Hall–Kier alpha value is -1.71. The van der Waals surface area contributed by atoms with E-state index in [9.17, 15) is 4.79 Å². The van der Waals surface area contributed by atoms with E-state index in [-0.39, 0.29) is 5.91 Å². The zero-order valence-electron chi connectivity index (χ0n) is 12.1. The summed E-state index contributed by atoms with van der Waals surface area (Å²) in [6.45, 7) is 5.04. The lowest BCUT2D eigenvalue weighted by Gasteiger charge is -2.27. The molecular weight excluding hydrogens is 252 g/mol. The third-order valence-electron chi connectivity index (χ3n) is 4.24. The van der Waals surface area contributed by atoms with Crippen LogP contribution < -0.4 is 15.4 Å². The number of hydrogen-bond acceptors (Lipinski definition) is 3. The molecule has 1 saturated carbocycles. The van der Waals surface area contributed by atoms with E-state index >= 15 is 0 Å². The van der Waals surface area contributed by atoms with E-state index in [0.29, 0.717) is 18.0 Å². The van der Waals surface area contributed by atoms with Crippen LogP contribution in [-0.2, 0) is 4.79 Å². The Morgan fingerprint density at radius 2 is 2.20 bits per heavy atom. The van der Waals surface area contributed by atoms with Crippen LogP contribution >= 0.6 is 0 Å². The Balaban J connectivity index is 1.59. The summed E-state index contributed by atoms with van der Waals surface area (Å²) in [4.78, 5) is 12.3. The van der Waals surface area contributed by atoms with Crippen molar-refractivity contribution in [2.45, 2.75) is 45.3 Å². The first kappa shape index (κ1) is 13.3. The maximum absolute atomic E-state index is 12.3. The summed E-state index contributed by atoms with van der Waals surface area (Å²) in [6, 6.07) is 8.01. The van der Waals surface area contributed by atoms with Gasteiger partial charge in [-0.2, -0.15) is 0 Å². The van der Waals surface area contributed by atoms with Crippen molar-refractivity contribution < 1.29 is 9.53 Å². The summed E-state index contributed by atoms with van der Waals surface area (Å²) in [5.74, 6) is 0.750. The zero-order chi connectivity index (χ0) is 14.2. The number of nitrogens with one attached hydrogen (secondary N) is 2. The smallest absolute Gasteiger partial charge is 0.263 e. The number of rotatable bonds is 2. The molecule has 4 heteroatoms. The molecule has 1 fully saturated rings. The number of ether oxygens (including phenoxy) is 1. The number of carbonyl (C=O) groups is 1. The first-order valence-corrected chi connectivity index (χ1v) is 7.33. The highest BCUT2D eigenvalue weighted by molar-refractivity contribution is 5.83. The van der Waals surface area contributed by atoms with Crippen LogP contribution in [0.5, 0.6) is 5.75 Å². The molecule has 20 heavy (non-hydrogen) atoms. The topological polar surface area (TPSA) is 50.4 Å². The van der Waals surface area contributed by atoms with Gasteiger partial charge in [-0.05, 0) is 36.8 Å². The van der Waals surface area contributed by atoms with Crippen LogP contribution in [0.25, 0.3) is 0 Å². The molecule has 2 aliphatic rings. The van der Waals surface area contributed by atoms with Gasteiger partial charge in [0, 0.05) is 6.04 Å². The number of anilines is 1. The fourth-order valence-electron chi connectivity index (χ4n) is 3.11. The molecule has 0 saturated heterocycles. The summed E-state index contributed by atoms with van der Waals surface area (Å²) >= 11 is 0. The minimum Gasteiger partial charge on any atom is -0.477 e. The van der Waals surface area contributed by atoms with Gasteiger partial charge in [0.2, 0.25) is 0 Å².